The molecule has 0 bridgehead atoms. The molecule has 0 rings (SSSR count). The predicted octanol–water partition coefficient (Wildman–Crippen LogP) is -2.87. The molecule has 0 aromatic rings. The molecule has 0 aliphatic heterocycles. The van der Waals surface area contributed by atoms with Gasteiger partial charge >= 0.3 is 10.4 Å². The van der Waals surface area contributed by atoms with Gasteiger partial charge in [-0.2, -0.15) is 8.42 Å². The molecule has 8 heteroatoms. The molecule has 0 saturated carbocycles. The molecule has 2 N–H and O–H groups in total. The third-order valence-corrected chi connectivity index (χ3v) is 0. The highest BCUT2D eigenvalue weighted by atomic mass is 32.3. The summed E-state index contributed by atoms with van der Waals surface area (Å²) in [4.78, 5) is 0. The summed E-state index contributed by atoms with van der Waals surface area (Å²) in [5.41, 5.74) is 0. The van der Waals surface area contributed by atoms with Crippen molar-refractivity contribution in [3.05, 3.63) is 0 Å². The summed E-state index contributed by atoms with van der Waals surface area (Å²) in [5, 5.41) is 0. The molecule has 0 aliphatic rings. The molecule has 0 saturated heterocycles. The zero-order valence-electron chi connectivity index (χ0n) is 2.53. The van der Waals surface area contributed by atoms with Crippen molar-refractivity contribution < 1.29 is 22.2 Å². The summed E-state index contributed by atoms with van der Waals surface area (Å²) >= 11 is 0. The third kappa shape index (κ3) is 316. The Bertz CT molecular complexity index is 97.2. The van der Waals surface area contributed by atoms with Gasteiger partial charge in [-0.05, 0) is 0 Å². The minimum Gasteiger partial charge on any atom is -0.269 e. The summed E-state index contributed by atoms with van der Waals surface area (Å²) in [6.07, 6.45) is 0. The van der Waals surface area contributed by atoms with Gasteiger partial charge in [0.25, 0.3) is 0 Å². The first-order chi connectivity index (χ1) is 2.00. The first-order valence-electron chi connectivity index (χ1n) is 0.698. The van der Waals surface area contributed by atoms with E-state index >= 15 is 0 Å². The zero-order valence-corrected chi connectivity index (χ0v) is 3.34. The molecule has 0 heterocycles. The molecule has 0 fully saturated rings. The van der Waals surface area contributed by atoms with Crippen LogP contribution in [0.5, 0.6) is 0 Å². The molecule has 0 aromatic heterocycles. The Hall–Kier alpha value is 0.865. The van der Waals surface area contributed by atoms with Gasteiger partial charge in [-0.1, -0.05) is 0 Å². The molecule has 0 spiro atoms. The molecule has 0 atom stereocenters. The van der Waals surface area contributed by atoms with Crippen LogP contribution < -0.4 is 0 Å². The average Bonchev–Trinajstić information content (AvgIpc) is 0.722. The van der Waals surface area contributed by atoms with E-state index in [1.54, 1.807) is 0 Å². The van der Waals surface area contributed by atoms with Gasteiger partial charge in [0.2, 0.25) is 0 Å². The topological polar surface area (TPSA) is 74.6 Å². The highest BCUT2D eigenvalue weighted by Gasteiger charge is 1.84. The van der Waals surface area contributed by atoms with E-state index in [1.165, 1.54) is 0 Å². The van der Waals surface area contributed by atoms with Gasteiger partial charge in [0, 0.05) is 0 Å². The molecule has 0 amide bonds. The SMILES string of the molecule is F.O=S(=O)(O)O.[AlH3].[AlH3]. The maximum absolute atomic E-state index is 8.74. The second kappa shape index (κ2) is 7.86. The van der Waals surface area contributed by atoms with Gasteiger partial charge in [0.05, 0.1) is 0 Å². The third-order valence-electron chi connectivity index (χ3n) is 0. The van der Waals surface area contributed by atoms with Gasteiger partial charge in [-0.3, -0.25) is 13.8 Å². The Kier molecular flexibility index (Phi) is 22.8. The number of hydrogen-bond acceptors (Lipinski definition) is 2. The van der Waals surface area contributed by atoms with Gasteiger partial charge in [-0.15, -0.1) is 0 Å². The van der Waals surface area contributed by atoms with Crippen molar-refractivity contribution in [2.45, 2.75) is 0 Å². The Morgan fingerprint density at radius 2 is 1.00 bits per heavy atom. The molecule has 0 radical (unpaired) electrons. The normalized spacial score (nSPS) is 7.25. The fraction of sp³-hybridized carbons (Fsp3) is 0. The molecule has 0 unspecified atom stereocenters. The van der Waals surface area contributed by atoms with E-state index < -0.39 is 10.4 Å². The largest absolute Gasteiger partial charge is 0.394 e. The highest BCUT2D eigenvalue weighted by Crippen LogP contribution is 1.59. The average molecular weight is 178 g/mol. The maximum atomic E-state index is 8.74. The fourth-order valence-corrected chi connectivity index (χ4v) is 0. The Labute approximate surface area is 67.5 Å². The van der Waals surface area contributed by atoms with E-state index in [9.17, 15) is 0 Å². The standard InChI is InChI=1S/2Al.FH.H2O4S.6H/c;;;1-5(2,3)4;;;;;;/h;;1H;(H2,1,2,3,4);;;;;;. The predicted molar refractivity (Wildman–Crippen MR) is 36.6 cm³/mol. The smallest absolute Gasteiger partial charge is 0.269 e. The van der Waals surface area contributed by atoms with Crippen molar-refractivity contribution in [3.8, 4) is 0 Å². The van der Waals surface area contributed by atoms with Crippen LogP contribution in [0.2, 0.25) is 0 Å². The minimum atomic E-state index is -4.67. The van der Waals surface area contributed by atoms with Crippen LogP contribution in [0.3, 0.4) is 0 Å². The second-order valence-electron chi connectivity index (χ2n) is 0.448. The van der Waals surface area contributed by atoms with Crippen LogP contribution in [-0.2, 0) is 10.4 Å². The van der Waals surface area contributed by atoms with E-state index in [2.05, 4.69) is 0 Å². The molecule has 8 heavy (non-hydrogen) atoms. The summed E-state index contributed by atoms with van der Waals surface area (Å²) in [7, 11) is -4.67. The first kappa shape index (κ1) is 23.2. The quantitative estimate of drug-likeness (QED) is 0.309. The van der Waals surface area contributed by atoms with Gasteiger partial charge < -0.3 is 0 Å². The lowest BCUT2D eigenvalue weighted by Gasteiger charge is -1.68. The number of rotatable bonds is 0. The van der Waals surface area contributed by atoms with Gasteiger partial charge in [0.15, 0.2) is 34.7 Å². The highest BCUT2D eigenvalue weighted by molar-refractivity contribution is 7.79. The summed E-state index contributed by atoms with van der Waals surface area (Å²) in [6, 6.07) is 0. The van der Waals surface area contributed by atoms with Crippen molar-refractivity contribution >= 4 is 45.1 Å². The Morgan fingerprint density at radius 3 is 1.00 bits per heavy atom. The van der Waals surface area contributed by atoms with Crippen LogP contribution in [0.25, 0.3) is 0 Å². The molecule has 52 valence electrons. The summed E-state index contributed by atoms with van der Waals surface area (Å²) in [5.74, 6) is 0. The second-order valence-corrected chi connectivity index (χ2v) is 1.34. The van der Waals surface area contributed by atoms with Crippen molar-refractivity contribution in [2.24, 2.45) is 0 Å². The van der Waals surface area contributed by atoms with Crippen molar-refractivity contribution in [1.29, 1.82) is 0 Å². The Balaban J connectivity index is -0.0000000267. The molecule has 0 aromatic carbocycles. The lowest BCUT2D eigenvalue weighted by molar-refractivity contribution is 0.381. The minimum absolute atomic E-state index is 0. The summed E-state index contributed by atoms with van der Waals surface area (Å²) < 4.78 is 31.6. The van der Waals surface area contributed by atoms with E-state index in [0.717, 1.165) is 0 Å². The number of halogens is 1. The van der Waals surface area contributed by atoms with Gasteiger partial charge in [0.1, 0.15) is 0 Å². The van der Waals surface area contributed by atoms with E-state index in [-0.39, 0.29) is 39.4 Å². The van der Waals surface area contributed by atoms with Crippen molar-refractivity contribution in [2.75, 3.05) is 0 Å². The monoisotopic (exact) mass is 178 g/mol. The van der Waals surface area contributed by atoms with Crippen LogP contribution in [0, 0.1) is 0 Å². The van der Waals surface area contributed by atoms with Crippen molar-refractivity contribution in [3.63, 3.8) is 0 Å². The van der Waals surface area contributed by atoms with Crippen molar-refractivity contribution in [1.82, 2.24) is 0 Å². The van der Waals surface area contributed by atoms with E-state index in [4.69, 9.17) is 17.5 Å². The lowest BCUT2D eigenvalue weighted by atomic mass is 15.8. The Morgan fingerprint density at radius 1 is 1.00 bits per heavy atom. The fourth-order valence-electron chi connectivity index (χ4n) is 0. The number of hydrogen-bond donors (Lipinski definition) is 2. The van der Waals surface area contributed by atoms with Crippen LogP contribution in [0.1, 0.15) is 0 Å². The maximum Gasteiger partial charge on any atom is 0.394 e. The molecule has 0 aliphatic carbocycles. The van der Waals surface area contributed by atoms with Crippen LogP contribution in [-0.4, -0.2) is 52.2 Å². The summed E-state index contributed by atoms with van der Waals surface area (Å²) in [6.45, 7) is 0. The van der Waals surface area contributed by atoms with E-state index in [1.807, 2.05) is 0 Å². The van der Waals surface area contributed by atoms with E-state index in [0.29, 0.717) is 0 Å². The molecule has 4 nitrogen and oxygen atoms in total. The van der Waals surface area contributed by atoms with Crippen LogP contribution in [0.15, 0.2) is 0 Å². The zero-order chi connectivity index (χ0) is 4.50. The lowest BCUT2D eigenvalue weighted by Crippen LogP contribution is -1.89. The molecular formula is H9Al2FO4S. The van der Waals surface area contributed by atoms with Crippen LogP contribution in [0.4, 0.5) is 4.70 Å². The first-order valence-corrected chi connectivity index (χ1v) is 2.10. The molecular weight excluding hydrogens is 169 g/mol. The van der Waals surface area contributed by atoms with Crippen LogP contribution >= 0.6 is 0 Å². The van der Waals surface area contributed by atoms with Gasteiger partial charge in [-0.25, -0.2) is 0 Å².